The highest BCUT2D eigenvalue weighted by atomic mass is 16.2. The van der Waals surface area contributed by atoms with Crippen LogP contribution in [0.4, 0.5) is 0 Å². The van der Waals surface area contributed by atoms with Crippen LogP contribution in [0.25, 0.3) is 0 Å². The van der Waals surface area contributed by atoms with E-state index >= 15 is 0 Å². The fraction of sp³-hybridized carbons (Fsp3) is 0.733. The molecule has 0 aliphatic heterocycles. The minimum atomic E-state index is -0.591. The number of amides is 3. The summed E-state index contributed by atoms with van der Waals surface area (Å²) in [5.41, 5.74) is 0. The van der Waals surface area contributed by atoms with E-state index in [1.807, 2.05) is 6.92 Å². The third-order valence-electron chi connectivity index (χ3n) is 3.08. The van der Waals surface area contributed by atoms with Crippen LogP contribution < -0.4 is 10.6 Å². The number of hydrogen-bond donors (Lipinski definition) is 2. The highest BCUT2D eigenvalue weighted by molar-refractivity contribution is 6.36. The van der Waals surface area contributed by atoms with Crippen molar-refractivity contribution in [2.75, 3.05) is 19.6 Å². The monoisotopic (exact) mass is 313 g/mol. The first-order chi connectivity index (χ1) is 10.3. The molecule has 7 heteroatoms. The summed E-state index contributed by atoms with van der Waals surface area (Å²) < 4.78 is 0. The van der Waals surface area contributed by atoms with Crippen molar-refractivity contribution >= 4 is 23.5 Å². The molecule has 0 aromatic carbocycles. The first-order valence-corrected chi connectivity index (χ1v) is 7.67. The van der Waals surface area contributed by atoms with Gasteiger partial charge >= 0.3 is 0 Å². The molecule has 0 aromatic rings. The number of Topliss-reactive ketones (excluding diaryl/α,β-unsaturated/α-hetero) is 1. The molecular weight excluding hydrogens is 286 g/mol. The SMILES string of the molecule is CCCN(CC(=O)NC(C)CCC(=O)C(=O)NCC)C(C)=O. The molecule has 0 radical (unpaired) electrons. The Morgan fingerprint density at radius 1 is 1.14 bits per heavy atom. The van der Waals surface area contributed by atoms with Gasteiger partial charge in [0.15, 0.2) is 0 Å². The van der Waals surface area contributed by atoms with Gasteiger partial charge in [0.1, 0.15) is 0 Å². The van der Waals surface area contributed by atoms with Gasteiger partial charge in [0.25, 0.3) is 5.91 Å². The first-order valence-electron chi connectivity index (χ1n) is 7.67. The van der Waals surface area contributed by atoms with Crippen LogP contribution in [0.15, 0.2) is 0 Å². The van der Waals surface area contributed by atoms with Crippen LogP contribution in [-0.2, 0) is 19.2 Å². The van der Waals surface area contributed by atoms with Gasteiger partial charge in [-0.05, 0) is 26.7 Å². The average Bonchev–Trinajstić information content (AvgIpc) is 2.44. The molecule has 126 valence electrons. The maximum absolute atomic E-state index is 11.9. The molecule has 0 fully saturated rings. The topological polar surface area (TPSA) is 95.6 Å². The van der Waals surface area contributed by atoms with Crippen LogP contribution in [0, 0.1) is 0 Å². The van der Waals surface area contributed by atoms with Crippen LogP contribution in [0.1, 0.15) is 47.0 Å². The van der Waals surface area contributed by atoms with Gasteiger partial charge in [-0.2, -0.15) is 0 Å². The Morgan fingerprint density at radius 3 is 2.27 bits per heavy atom. The molecule has 0 saturated carbocycles. The molecule has 1 atom stereocenters. The van der Waals surface area contributed by atoms with Crippen LogP contribution in [-0.4, -0.2) is 54.1 Å². The highest BCUT2D eigenvalue weighted by Gasteiger charge is 2.17. The number of rotatable bonds is 10. The lowest BCUT2D eigenvalue weighted by atomic mass is 10.1. The molecular formula is C15H27N3O4. The normalized spacial score (nSPS) is 11.5. The molecule has 0 aliphatic rings. The number of hydrogen-bond acceptors (Lipinski definition) is 4. The summed E-state index contributed by atoms with van der Waals surface area (Å²) in [5.74, 6) is -1.48. The fourth-order valence-electron chi connectivity index (χ4n) is 1.90. The van der Waals surface area contributed by atoms with E-state index in [0.29, 0.717) is 19.5 Å². The van der Waals surface area contributed by atoms with E-state index in [2.05, 4.69) is 10.6 Å². The molecule has 22 heavy (non-hydrogen) atoms. The second kappa shape index (κ2) is 10.8. The predicted octanol–water partition coefficient (Wildman–Crippen LogP) is 0.235. The summed E-state index contributed by atoms with van der Waals surface area (Å²) in [4.78, 5) is 47.5. The summed E-state index contributed by atoms with van der Waals surface area (Å²) in [6.45, 7) is 7.83. The molecule has 0 aliphatic carbocycles. The van der Waals surface area contributed by atoms with Crippen molar-refractivity contribution in [2.45, 2.75) is 53.0 Å². The van der Waals surface area contributed by atoms with E-state index in [1.54, 1.807) is 13.8 Å². The zero-order chi connectivity index (χ0) is 17.1. The van der Waals surface area contributed by atoms with Crippen molar-refractivity contribution in [3.05, 3.63) is 0 Å². The second-order valence-corrected chi connectivity index (χ2v) is 5.23. The summed E-state index contributed by atoms with van der Waals surface area (Å²) in [6.07, 6.45) is 1.25. The van der Waals surface area contributed by atoms with Crippen LogP contribution >= 0.6 is 0 Å². The Bertz CT molecular complexity index is 410. The molecule has 0 spiro atoms. The maximum atomic E-state index is 11.9. The van der Waals surface area contributed by atoms with Crippen LogP contribution in [0.2, 0.25) is 0 Å². The number of nitrogens with one attached hydrogen (secondary N) is 2. The van der Waals surface area contributed by atoms with E-state index in [1.165, 1.54) is 11.8 Å². The Morgan fingerprint density at radius 2 is 1.77 bits per heavy atom. The smallest absolute Gasteiger partial charge is 0.287 e. The lowest BCUT2D eigenvalue weighted by Crippen LogP contribution is -2.43. The molecule has 0 bridgehead atoms. The maximum Gasteiger partial charge on any atom is 0.287 e. The molecule has 1 unspecified atom stereocenters. The highest BCUT2D eigenvalue weighted by Crippen LogP contribution is 1.99. The molecule has 0 rings (SSSR count). The molecule has 7 nitrogen and oxygen atoms in total. The molecule has 0 saturated heterocycles. The molecule has 0 aromatic heterocycles. The van der Waals surface area contributed by atoms with Gasteiger partial charge in [0, 0.05) is 32.5 Å². The molecule has 0 heterocycles. The summed E-state index contributed by atoms with van der Waals surface area (Å²) in [5, 5.41) is 5.18. The summed E-state index contributed by atoms with van der Waals surface area (Å²) in [7, 11) is 0. The fourth-order valence-corrected chi connectivity index (χ4v) is 1.90. The minimum absolute atomic E-state index is 0.0117. The largest absolute Gasteiger partial charge is 0.352 e. The lowest BCUT2D eigenvalue weighted by molar-refractivity contribution is -0.138. The Hall–Kier alpha value is -1.92. The zero-order valence-corrected chi connectivity index (χ0v) is 13.9. The number of carbonyl (C=O) groups excluding carboxylic acids is 4. The van der Waals surface area contributed by atoms with Crippen molar-refractivity contribution in [1.82, 2.24) is 15.5 Å². The van der Waals surface area contributed by atoms with E-state index in [-0.39, 0.29) is 30.8 Å². The van der Waals surface area contributed by atoms with E-state index in [9.17, 15) is 19.2 Å². The summed E-state index contributed by atoms with van der Waals surface area (Å²) in [6, 6.07) is -0.235. The Labute approximate surface area is 131 Å². The van der Waals surface area contributed by atoms with Crippen molar-refractivity contribution < 1.29 is 19.2 Å². The Balaban J connectivity index is 4.17. The Kier molecular flexibility index (Phi) is 9.82. The number of carbonyl (C=O) groups is 4. The van der Waals surface area contributed by atoms with Crippen LogP contribution in [0.5, 0.6) is 0 Å². The van der Waals surface area contributed by atoms with Gasteiger partial charge in [0.2, 0.25) is 17.6 Å². The van der Waals surface area contributed by atoms with E-state index in [4.69, 9.17) is 0 Å². The quantitative estimate of drug-likeness (QED) is 0.565. The van der Waals surface area contributed by atoms with Gasteiger partial charge in [0.05, 0.1) is 6.54 Å². The number of likely N-dealkylation sites (N-methyl/N-ethyl adjacent to an activating group) is 1. The van der Waals surface area contributed by atoms with Crippen molar-refractivity contribution in [2.24, 2.45) is 0 Å². The number of nitrogens with zero attached hydrogens (tertiary/aromatic N) is 1. The average molecular weight is 313 g/mol. The standard InChI is InChI=1S/C15H27N3O4/c1-5-9-18(12(4)19)10-14(21)17-11(3)7-8-13(20)15(22)16-6-2/h11H,5-10H2,1-4H3,(H,16,22)(H,17,21). The minimum Gasteiger partial charge on any atom is -0.352 e. The van der Waals surface area contributed by atoms with Crippen molar-refractivity contribution in [3.63, 3.8) is 0 Å². The van der Waals surface area contributed by atoms with Crippen LogP contribution in [0.3, 0.4) is 0 Å². The van der Waals surface area contributed by atoms with E-state index in [0.717, 1.165) is 6.42 Å². The predicted molar refractivity (Wildman–Crippen MR) is 83.1 cm³/mol. The lowest BCUT2D eigenvalue weighted by Gasteiger charge is -2.21. The zero-order valence-electron chi connectivity index (χ0n) is 13.9. The van der Waals surface area contributed by atoms with Gasteiger partial charge in [-0.15, -0.1) is 0 Å². The van der Waals surface area contributed by atoms with Gasteiger partial charge < -0.3 is 15.5 Å². The van der Waals surface area contributed by atoms with E-state index < -0.39 is 11.7 Å². The third kappa shape index (κ3) is 8.39. The van der Waals surface area contributed by atoms with Gasteiger partial charge in [-0.1, -0.05) is 6.92 Å². The van der Waals surface area contributed by atoms with Gasteiger partial charge in [-0.25, -0.2) is 0 Å². The first kappa shape index (κ1) is 20.1. The number of ketones is 1. The van der Waals surface area contributed by atoms with Gasteiger partial charge in [-0.3, -0.25) is 19.2 Å². The summed E-state index contributed by atoms with van der Waals surface area (Å²) >= 11 is 0. The molecule has 2 N–H and O–H groups in total. The third-order valence-corrected chi connectivity index (χ3v) is 3.08. The second-order valence-electron chi connectivity index (χ2n) is 5.23. The van der Waals surface area contributed by atoms with Crippen molar-refractivity contribution in [1.29, 1.82) is 0 Å². The molecule has 3 amide bonds. The van der Waals surface area contributed by atoms with Crippen molar-refractivity contribution in [3.8, 4) is 0 Å².